The van der Waals surface area contributed by atoms with Gasteiger partial charge in [-0.25, -0.2) is 4.98 Å². The number of ether oxygens (including phenoxy) is 1. The third-order valence-electron chi connectivity index (χ3n) is 4.75. The summed E-state index contributed by atoms with van der Waals surface area (Å²) in [6.45, 7) is 2.37. The molecule has 128 valence electrons. The number of rotatable bonds is 3. The Kier molecular flexibility index (Phi) is 3.92. The molecule has 0 bridgehead atoms. The van der Waals surface area contributed by atoms with Crippen LogP contribution in [0.3, 0.4) is 0 Å². The van der Waals surface area contributed by atoms with Gasteiger partial charge in [0, 0.05) is 13.5 Å². The van der Waals surface area contributed by atoms with E-state index in [0.29, 0.717) is 5.89 Å². The molecule has 3 aromatic rings. The van der Waals surface area contributed by atoms with Crippen molar-refractivity contribution in [1.82, 2.24) is 9.88 Å². The Bertz CT molecular complexity index is 932. The zero-order valence-corrected chi connectivity index (χ0v) is 14.4. The van der Waals surface area contributed by atoms with E-state index in [0.717, 1.165) is 47.4 Å². The summed E-state index contributed by atoms with van der Waals surface area (Å²) in [7, 11) is 1.66. The number of oxazole rings is 1. The topological polar surface area (TPSA) is 55.6 Å². The number of amides is 1. The average molecular weight is 336 g/mol. The van der Waals surface area contributed by atoms with Crippen LogP contribution in [-0.4, -0.2) is 29.4 Å². The molecule has 1 aliphatic heterocycles. The van der Waals surface area contributed by atoms with Crippen LogP contribution < -0.4 is 4.74 Å². The minimum atomic E-state index is -0.0508. The Labute approximate surface area is 146 Å². The Morgan fingerprint density at radius 2 is 2.08 bits per heavy atom. The fraction of sp³-hybridized carbons (Fsp3) is 0.300. The smallest absolute Gasteiger partial charge is 0.220 e. The number of hydrogen-bond acceptors (Lipinski definition) is 4. The van der Waals surface area contributed by atoms with E-state index in [1.165, 1.54) is 0 Å². The van der Waals surface area contributed by atoms with E-state index in [9.17, 15) is 4.79 Å². The number of likely N-dealkylation sites (tertiary alicyclic amines) is 1. The van der Waals surface area contributed by atoms with Gasteiger partial charge in [-0.15, -0.1) is 0 Å². The zero-order chi connectivity index (χ0) is 17.4. The lowest BCUT2D eigenvalue weighted by Crippen LogP contribution is -2.28. The summed E-state index contributed by atoms with van der Waals surface area (Å²) in [5.74, 6) is 1.52. The predicted octanol–water partition coefficient (Wildman–Crippen LogP) is 4.19. The molecule has 2 aromatic carbocycles. The minimum Gasteiger partial charge on any atom is -0.497 e. The number of carbonyl (C=O) groups is 1. The summed E-state index contributed by atoms with van der Waals surface area (Å²) in [4.78, 5) is 18.3. The Morgan fingerprint density at radius 3 is 2.88 bits per heavy atom. The zero-order valence-electron chi connectivity index (χ0n) is 14.4. The average Bonchev–Trinajstić information content (AvgIpc) is 3.27. The summed E-state index contributed by atoms with van der Waals surface area (Å²) in [5, 5.41) is 0. The summed E-state index contributed by atoms with van der Waals surface area (Å²) >= 11 is 0. The molecule has 0 saturated carbocycles. The molecular weight excluding hydrogens is 316 g/mol. The molecule has 1 aliphatic rings. The van der Waals surface area contributed by atoms with Gasteiger partial charge < -0.3 is 14.1 Å². The van der Waals surface area contributed by atoms with E-state index in [4.69, 9.17) is 9.15 Å². The molecule has 0 N–H and O–H groups in total. The molecule has 1 unspecified atom stereocenters. The van der Waals surface area contributed by atoms with Crippen LogP contribution in [0.5, 0.6) is 5.75 Å². The SMILES string of the molecule is COc1cccc(-c2ccc3oc(C4CCCN4C(C)=O)nc3c2)c1. The molecule has 4 rings (SSSR count). The van der Waals surface area contributed by atoms with E-state index in [1.807, 2.05) is 47.4 Å². The molecule has 5 nitrogen and oxygen atoms in total. The van der Waals surface area contributed by atoms with Crippen molar-refractivity contribution in [2.75, 3.05) is 13.7 Å². The van der Waals surface area contributed by atoms with E-state index >= 15 is 0 Å². The number of hydrogen-bond donors (Lipinski definition) is 0. The first-order valence-electron chi connectivity index (χ1n) is 8.48. The molecule has 0 spiro atoms. The highest BCUT2D eigenvalue weighted by molar-refractivity contribution is 5.81. The van der Waals surface area contributed by atoms with Crippen molar-refractivity contribution in [1.29, 1.82) is 0 Å². The quantitative estimate of drug-likeness (QED) is 0.720. The lowest BCUT2D eigenvalue weighted by atomic mass is 10.1. The third-order valence-corrected chi connectivity index (χ3v) is 4.75. The number of benzene rings is 2. The van der Waals surface area contributed by atoms with Gasteiger partial charge in [0.05, 0.1) is 7.11 Å². The summed E-state index contributed by atoms with van der Waals surface area (Å²) in [6.07, 6.45) is 1.88. The van der Waals surface area contributed by atoms with Gasteiger partial charge in [0.25, 0.3) is 0 Å². The normalized spacial score (nSPS) is 17.2. The van der Waals surface area contributed by atoms with Crippen molar-refractivity contribution in [2.24, 2.45) is 0 Å². The first kappa shape index (κ1) is 15.7. The van der Waals surface area contributed by atoms with Crippen LogP contribution in [0.2, 0.25) is 0 Å². The highest BCUT2D eigenvalue weighted by atomic mass is 16.5. The second-order valence-electron chi connectivity index (χ2n) is 6.34. The van der Waals surface area contributed by atoms with E-state index in [-0.39, 0.29) is 11.9 Å². The van der Waals surface area contributed by atoms with Crippen molar-refractivity contribution in [2.45, 2.75) is 25.8 Å². The maximum absolute atomic E-state index is 11.8. The Morgan fingerprint density at radius 1 is 1.24 bits per heavy atom. The first-order valence-corrected chi connectivity index (χ1v) is 8.48. The van der Waals surface area contributed by atoms with Crippen LogP contribution in [0.1, 0.15) is 31.7 Å². The first-order chi connectivity index (χ1) is 12.2. The maximum atomic E-state index is 11.8. The fourth-order valence-electron chi connectivity index (χ4n) is 3.47. The minimum absolute atomic E-state index is 0.0508. The van der Waals surface area contributed by atoms with E-state index < -0.39 is 0 Å². The molecule has 0 radical (unpaired) electrons. The van der Waals surface area contributed by atoms with E-state index in [2.05, 4.69) is 4.98 Å². The monoisotopic (exact) mass is 336 g/mol. The molecule has 1 fully saturated rings. The van der Waals surface area contributed by atoms with Gasteiger partial charge in [0.15, 0.2) is 5.58 Å². The molecule has 25 heavy (non-hydrogen) atoms. The van der Waals surface area contributed by atoms with Crippen molar-refractivity contribution in [3.63, 3.8) is 0 Å². The van der Waals surface area contributed by atoms with Crippen molar-refractivity contribution in [3.8, 4) is 16.9 Å². The summed E-state index contributed by atoms with van der Waals surface area (Å²) < 4.78 is 11.2. The highest BCUT2D eigenvalue weighted by Gasteiger charge is 2.31. The van der Waals surface area contributed by atoms with Crippen molar-refractivity contribution in [3.05, 3.63) is 48.4 Å². The van der Waals surface area contributed by atoms with Gasteiger partial charge in [-0.3, -0.25) is 4.79 Å². The Hall–Kier alpha value is -2.82. The van der Waals surface area contributed by atoms with Crippen LogP contribution in [-0.2, 0) is 4.79 Å². The molecule has 2 heterocycles. The van der Waals surface area contributed by atoms with Gasteiger partial charge in [0.2, 0.25) is 11.8 Å². The molecular formula is C20H20N2O3. The number of aromatic nitrogens is 1. The largest absolute Gasteiger partial charge is 0.497 e. The lowest BCUT2D eigenvalue weighted by Gasteiger charge is -2.19. The molecule has 1 aromatic heterocycles. The maximum Gasteiger partial charge on any atom is 0.220 e. The second-order valence-corrected chi connectivity index (χ2v) is 6.34. The lowest BCUT2D eigenvalue weighted by molar-refractivity contribution is -0.130. The van der Waals surface area contributed by atoms with Crippen LogP contribution in [0, 0.1) is 0 Å². The van der Waals surface area contributed by atoms with Crippen LogP contribution in [0.4, 0.5) is 0 Å². The van der Waals surface area contributed by atoms with Gasteiger partial charge in [0.1, 0.15) is 17.3 Å². The number of methoxy groups -OCH3 is 1. The van der Waals surface area contributed by atoms with Crippen molar-refractivity contribution >= 4 is 17.0 Å². The van der Waals surface area contributed by atoms with E-state index in [1.54, 1.807) is 14.0 Å². The molecule has 1 saturated heterocycles. The standard InChI is InChI=1S/C20H20N2O3/c1-13(23)22-10-4-7-18(22)20-21-17-12-15(8-9-19(17)25-20)14-5-3-6-16(11-14)24-2/h3,5-6,8-9,11-12,18H,4,7,10H2,1-2H3. The number of fused-ring (bicyclic) bond motifs is 1. The van der Waals surface area contributed by atoms with Crippen LogP contribution in [0.15, 0.2) is 46.9 Å². The Balaban J connectivity index is 1.71. The third kappa shape index (κ3) is 2.86. The molecule has 1 amide bonds. The van der Waals surface area contributed by atoms with Crippen LogP contribution in [0.25, 0.3) is 22.2 Å². The van der Waals surface area contributed by atoms with Gasteiger partial charge in [-0.05, 0) is 48.2 Å². The summed E-state index contributed by atoms with van der Waals surface area (Å²) in [5.41, 5.74) is 3.68. The molecule has 0 aliphatic carbocycles. The second kappa shape index (κ2) is 6.24. The predicted molar refractivity (Wildman–Crippen MR) is 95.4 cm³/mol. The van der Waals surface area contributed by atoms with Gasteiger partial charge in [-0.2, -0.15) is 0 Å². The van der Waals surface area contributed by atoms with Gasteiger partial charge >= 0.3 is 0 Å². The molecule has 1 atom stereocenters. The fourth-order valence-corrected chi connectivity index (χ4v) is 3.47. The molecule has 5 heteroatoms. The van der Waals surface area contributed by atoms with Gasteiger partial charge in [-0.1, -0.05) is 18.2 Å². The number of carbonyl (C=O) groups excluding carboxylic acids is 1. The number of nitrogens with zero attached hydrogens (tertiary/aromatic N) is 2. The highest BCUT2D eigenvalue weighted by Crippen LogP contribution is 2.34. The summed E-state index contributed by atoms with van der Waals surface area (Å²) in [6, 6.07) is 13.9. The van der Waals surface area contributed by atoms with Crippen LogP contribution >= 0.6 is 0 Å². The van der Waals surface area contributed by atoms with Crippen molar-refractivity contribution < 1.29 is 13.9 Å².